The maximum Gasteiger partial charge on any atom is 0.260 e. The lowest BCUT2D eigenvalue weighted by atomic mass is 10.2. The number of thiazole rings is 1. The third-order valence-electron chi connectivity index (χ3n) is 2.97. The van der Waals surface area contributed by atoms with E-state index in [2.05, 4.69) is 10.3 Å². The Morgan fingerprint density at radius 1 is 1.29 bits per heavy atom. The predicted octanol–water partition coefficient (Wildman–Crippen LogP) is 4.62. The van der Waals surface area contributed by atoms with Crippen LogP contribution in [-0.2, 0) is 0 Å². The molecule has 0 saturated carbocycles. The molecule has 1 aromatic carbocycles. The fourth-order valence-corrected chi connectivity index (χ4v) is 2.71. The molecule has 1 N–H and O–H groups in total. The van der Waals surface area contributed by atoms with Crippen molar-refractivity contribution in [2.45, 2.75) is 6.92 Å². The van der Waals surface area contributed by atoms with E-state index in [9.17, 15) is 4.79 Å². The van der Waals surface area contributed by atoms with Crippen molar-refractivity contribution in [1.29, 1.82) is 0 Å². The molecule has 0 unspecified atom stereocenters. The van der Waals surface area contributed by atoms with E-state index in [-0.39, 0.29) is 5.91 Å². The summed E-state index contributed by atoms with van der Waals surface area (Å²) in [5, 5.41) is 5.88. The van der Waals surface area contributed by atoms with Crippen LogP contribution in [0.5, 0.6) is 0 Å². The van der Waals surface area contributed by atoms with Gasteiger partial charge in [0.05, 0.1) is 17.5 Å². The van der Waals surface area contributed by atoms with Crippen molar-refractivity contribution in [1.82, 2.24) is 4.98 Å². The Hall–Kier alpha value is -2.11. The minimum Gasteiger partial charge on any atom is -0.469 e. The van der Waals surface area contributed by atoms with Gasteiger partial charge in [0, 0.05) is 16.0 Å². The van der Waals surface area contributed by atoms with Crippen molar-refractivity contribution in [3.8, 4) is 11.3 Å². The minimum absolute atomic E-state index is 0.224. The zero-order chi connectivity index (χ0) is 14.8. The monoisotopic (exact) mass is 318 g/mol. The molecular formula is C15H11ClN2O2S. The van der Waals surface area contributed by atoms with Gasteiger partial charge in [0.1, 0.15) is 5.76 Å². The Morgan fingerprint density at radius 3 is 2.71 bits per heavy atom. The topological polar surface area (TPSA) is 55.1 Å². The van der Waals surface area contributed by atoms with E-state index < -0.39 is 0 Å². The van der Waals surface area contributed by atoms with E-state index in [1.807, 2.05) is 29.6 Å². The summed E-state index contributed by atoms with van der Waals surface area (Å²) in [6.07, 6.45) is 1.49. The van der Waals surface area contributed by atoms with Crippen molar-refractivity contribution in [2.75, 3.05) is 5.32 Å². The van der Waals surface area contributed by atoms with Crippen LogP contribution < -0.4 is 5.32 Å². The van der Waals surface area contributed by atoms with Crippen molar-refractivity contribution in [2.24, 2.45) is 0 Å². The SMILES string of the molecule is Cc1occc1C(=O)Nc1nc(-c2ccc(Cl)cc2)cs1. The fraction of sp³-hybridized carbons (Fsp3) is 0.0667. The molecule has 3 rings (SSSR count). The second kappa shape index (κ2) is 5.71. The number of aryl methyl sites for hydroxylation is 1. The predicted molar refractivity (Wildman–Crippen MR) is 84.0 cm³/mol. The van der Waals surface area contributed by atoms with E-state index in [4.69, 9.17) is 16.0 Å². The van der Waals surface area contributed by atoms with Gasteiger partial charge in [-0.15, -0.1) is 11.3 Å². The van der Waals surface area contributed by atoms with E-state index >= 15 is 0 Å². The van der Waals surface area contributed by atoms with Crippen LogP contribution in [-0.4, -0.2) is 10.9 Å². The molecule has 0 aliphatic rings. The molecule has 6 heteroatoms. The van der Waals surface area contributed by atoms with E-state index in [1.165, 1.54) is 17.6 Å². The lowest BCUT2D eigenvalue weighted by Crippen LogP contribution is -2.11. The Labute approximate surface area is 130 Å². The molecule has 0 bridgehead atoms. The average molecular weight is 319 g/mol. The molecule has 0 saturated heterocycles. The number of nitrogens with one attached hydrogen (secondary N) is 1. The number of aromatic nitrogens is 1. The highest BCUT2D eigenvalue weighted by Gasteiger charge is 2.13. The van der Waals surface area contributed by atoms with Crippen LogP contribution in [0.3, 0.4) is 0 Å². The number of carbonyl (C=O) groups excluding carboxylic acids is 1. The summed E-state index contributed by atoms with van der Waals surface area (Å²) in [6.45, 7) is 1.75. The molecule has 106 valence electrons. The number of furan rings is 1. The van der Waals surface area contributed by atoms with Crippen LogP contribution in [0.1, 0.15) is 16.1 Å². The van der Waals surface area contributed by atoms with Gasteiger partial charge in [-0.3, -0.25) is 10.1 Å². The van der Waals surface area contributed by atoms with Crippen molar-refractivity contribution >= 4 is 34.0 Å². The first-order valence-electron chi connectivity index (χ1n) is 6.20. The first-order chi connectivity index (χ1) is 10.1. The first kappa shape index (κ1) is 13.9. The van der Waals surface area contributed by atoms with Crippen LogP contribution in [0.15, 0.2) is 46.4 Å². The zero-order valence-electron chi connectivity index (χ0n) is 11.1. The van der Waals surface area contributed by atoms with Gasteiger partial charge in [-0.1, -0.05) is 23.7 Å². The number of amides is 1. The summed E-state index contributed by atoms with van der Waals surface area (Å²) in [4.78, 5) is 16.5. The molecule has 2 heterocycles. The molecule has 0 aliphatic carbocycles. The van der Waals surface area contributed by atoms with Crippen molar-refractivity contribution in [3.05, 3.63) is 58.3 Å². The number of halogens is 1. The summed E-state index contributed by atoms with van der Waals surface area (Å²) in [6, 6.07) is 9.04. The first-order valence-corrected chi connectivity index (χ1v) is 7.46. The second-order valence-electron chi connectivity index (χ2n) is 4.39. The number of rotatable bonds is 3. The highest BCUT2D eigenvalue weighted by Crippen LogP contribution is 2.26. The van der Waals surface area contributed by atoms with Crippen LogP contribution >= 0.6 is 22.9 Å². The minimum atomic E-state index is -0.224. The van der Waals surface area contributed by atoms with E-state index in [0.717, 1.165) is 11.3 Å². The molecule has 3 aromatic rings. The summed E-state index contributed by atoms with van der Waals surface area (Å²) < 4.78 is 5.12. The van der Waals surface area contributed by atoms with E-state index in [0.29, 0.717) is 21.5 Å². The van der Waals surface area contributed by atoms with Crippen LogP contribution in [0.4, 0.5) is 5.13 Å². The molecule has 0 atom stereocenters. The highest BCUT2D eigenvalue weighted by atomic mass is 35.5. The van der Waals surface area contributed by atoms with Gasteiger partial charge >= 0.3 is 0 Å². The number of hydrogen-bond acceptors (Lipinski definition) is 4. The molecule has 0 spiro atoms. The van der Waals surface area contributed by atoms with Gasteiger partial charge in [-0.05, 0) is 25.1 Å². The fourth-order valence-electron chi connectivity index (χ4n) is 1.87. The van der Waals surface area contributed by atoms with Gasteiger partial charge in [-0.2, -0.15) is 0 Å². The zero-order valence-corrected chi connectivity index (χ0v) is 12.7. The van der Waals surface area contributed by atoms with Crippen molar-refractivity contribution < 1.29 is 9.21 Å². The Kier molecular flexibility index (Phi) is 3.77. The smallest absolute Gasteiger partial charge is 0.260 e. The lowest BCUT2D eigenvalue weighted by Gasteiger charge is -2.00. The Bertz CT molecular complexity index is 777. The standard InChI is InChI=1S/C15H11ClN2O2S/c1-9-12(6-7-20-9)14(19)18-15-17-13(8-21-15)10-2-4-11(16)5-3-10/h2-8H,1H3,(H,17,18,19). The molecule has 0 aliphatic heterocycles. The van der Waals surface area contributed by atoms with Crippen LogP contribution in [0, 0.1) is 6.92 Å². The maximum atomic E-state index is 12.1. The van der Waals surface area contributed by atoms with E-state index in [1.54, 1.807) is 13.0 Å². The molecule has 0 radical (unpaired) electrons. The summed E-state index contributed by atoms with van der Waals surface area (Å²) >= 11 is 7.23. The summed E-state index contributed by atoms with van der Waals surface area (Å²) in [7, 11) is 0. The van der Waals surface area contributed by atoms with Gasteiger partial charge in [0.15, 0.2) is 5.13 Å². The third kappa shape index (κ3) is 2.99. The van der Waals surface area contributed by atoms with Gasteiger partial charge in [0.25, 0.3) is 5.91 Å². The molecule has 0 fully saturated rings. The summed E-state index contributed by atoms with van der Waals surface area (Å²) in [5.74, 6) is 0.361. The van der Waals surface area contributed by atoms with Gasteiger partial charge < -0.3 is 4.42 Å². The average Bonchev–Trinajstić information content (AvgIpc) is 3.09. The third-order valence-corrected chi connectivity index (χ3v) is 3.98. The van der Waals surface area contributed by atoms with Gasteiger partial charge in [-0.25, -0.2) is 4.98 Å². The van der Waals surface area contributed by atoms with Crippen LogP contribution in [0.25, 0.3) is 11.3 Å². The molecule has 4 nitrogen and oxygen atoms in total. The number of carbonyl (C=O) groups is 1. The van der Waals surface area contributed by atoms with Crippen molar-refractivity contribution in [3.63, 3.8) is 0 Å². The Morgan fingerprint density at radius 2 is 2.05 bits per heavy atom. The maximum absolute atomic E-state index is 12.1. The number of benzene rings is 1. The highest BCUT2D eigenvalue weighted by molar-refractivity contribution is 7.14. The molecule has 2 aromatic heterocycles. The molecule has 1 amide bonds. The quantitative estimate of drug-likeness (QED) is 0.766. The summed E-state index contributed by atoms with van der Waals surface area (Å²) in [5.41, 5.74) is 2.27. The largest absolute Gasteiger partial charge is 0.469 e. The number of nitrogens with zero attached hydrogens (tertiary/aromatic N) is 1. The molecule has 21 heavy (non-hydrogen) atoms. The second-order valence-corrected chi connectivity index (χ2v) is 5.68. The number of anilines is 1. The Balaban J connectivity index is 1.78. The molecular weight excluding hydrogens is 308 g/mol. The number of hydrogen-bond donors (Lipinski definition) is 1. The van der Waals surface area contributed by atoms with Crippen LogP contribution in [0.2, 0.25) is 5.02 Å². The lowest BCUT2D eigenvalue weighted by molar-refractivity contribution is 0.102. The normalized spacial score (nSPS) is 10.6. The van der Waals surface area contributed by atoms with Gasteiger partial charge in [0.2, 0.25) is 0 Å².